The summed E-state index contributed by atoms with van der Waals surface area (Å²) in [5.41, 5.74) is 7.28. The normalized spacial score (nSPS) is 14.2. The number of aromatic nitrogens is 5. The molecule has 0 atom stereocenters. The van der Waals surface area contributed by atoms with E-state index in [1.54, 1.807) is 9.42 Å². The number of nitrogens with one attached hydrogen (secondary N) is 1. The van der Waals surface area contributed by atoms with E-state index in [-0.39, 0.29) is 5.91 Å². The molecule has 0 fully saturated rings. The minimum Gasteiger partial charge on any atom is -0.336 e. The molecular formula is C20H26N6O. The van der Waals surface area contributed by atoms with Gasteiger partial charge in [-0.05, 0) is 58.1 Å². The largest absolute Gasteiger partial charge is 0.336 e. The van der Waals surface area contributed by atoms with Crippen molar-refractivity contribution in [3.63, 3.8) is 0 Å². The van der Waals surface area contributed by atoms with Crippen molar-refractivity contribution in [2.24, 2.45) is 0 Å². The number of rotatable bonds is 3. The van der Waals surface area contributed by atoms with Gasteiger partial charge in [0.25, 0.3) is 5.91 Å². The van der Waals surface area contributed by atoms with Gasteiger partial charge in [0, 0.05) is 24.1 Å². The van der Waals surface area contributed by atoms with Crippen molar-refractivity contribution >= 4 is 11.6 Å². The van der Waals surface area contributed by atoms with Crippen molar-refractivity contribution < 1.29 is 4.79 Å². The number of hydrogen-bond acceptors (Lipinski definition) is 4. The van der Waals surface area contributed by atoms with Crippen LogP contribution in [0.25, 0.3) is 5.65 Å². The van der Waals surface area contributed by atoms with Gasteiger partial charge in [-0.25, -0.2) is 9.50 Å². The molecule has 4 rings (SSSR count). The molecule has 0 aromatic carbocycles. The van der Waals surface area contributed by atoms with Gasteiger partial charge in [-0.3, -0.25) is 9.89 Å². The quantitative estimate of drug-likeness (QED) is 0.723. The zero-order valence-corrected chi connectivity index (χ0v) is 16.5. The fraction of sp³-hybridized carbons (Fsp3) is 0.500. The van der Waals surface area contributed by atoms with Crippen LogP contribution in [0.2, 0.25) is 0 Å². The smallest absolute Gasteiger partial charge is 0.259 e. The Morgan fingerprint density at radius 1 is 1.22 bits per heavy atom. The number of aromatic amines is 1. The minimum absolute atomic E-state index is 0.0645. The third kappa shape index (κ3) is 3.11. The molecule has 1 N–H and O–H groups in total. The number of carbonyl (C=O) groups excluding carboxylic acids is 1. The van der Waals surface area contributed by atoms with Crippen LogP contribution in [0.3, 0.4) is 0 Å². The van der Waals surface area contributed by atoms with E-state index in [0.717, 1.165) is 29.9 Å². The highest BCUT2D eigenvalue weighted by Crippen LogP contribution is 2.24. The Balaban J connectivity index is 1.65. The fourth-order valence-corrected chi connectivity index (χ4v) is 4.02. The maximum atomic E-state index is 13.2. The summed E-state index contributed by atoms with van der Waals surface area (Å²) in [6, 6.07) is 1.97. The zero-order valence-electron chi connectivity index (χ0n) is 16.5. The second kappa shape index (κ2) is 6.79. The third-order valence-electron chi connectivity index (χ3n) is 5.41. The number of fused-ring (bicyclic) bond motifs is 2. The van der Waals surface area contributed by atoms with E-state index >= 15 is 0 Å². The summed E-state index contributed by atoms with van der Waals surface area (Å²) in [7, 11) is 1.83. The summed E-state index contributed by atoms with van der Waals surface area (Å²) in [4.78, 5) is 19.5. The summed E-state index contributed by atoms with van der Waals surface area (Å²) in [5, 5.41) is 12.2. The van der Waals surface area contributed by atoms with E-state index in [4.69, 9.17) is 0 Å². The lowest BCUT2D eigenvalue weighted by molar-refractivity contribution is 0.0784. The highest BCUT2D eigenvalue weighted by Gasteiger charge is 2.24. The predicted molar refractivity (Wildman–Crippen MR) is 103 cm³/mol. The Labute approximate surface area is 158 Å². The third-order valence-corrected chi connectivity index (χ3v) is 5.41. The monoisotopic (exact) mass is 366 g/mol. The van der Waals surface area contributed by atoms with Gasteiger partial charge in [0.1, 0.15) is 5.56 Å². The van der Waals surface area contributed by atoms with Crippen LogP contribution in [0.15, 0.2) is 6.07 Å². The molecule has 142 valence electrons. The van der Waals surface area contributed by atoms with Crippen LogP contribution in [-0.4, -0.2) is 42.7 Å². The molecule has 0 saturated heterocycles. The molecule has 0 unspecified atom stereocenters. The van der Waals surface area contributed by atoms with Crippen LogP contribution in [0.5, 0.6) is 0 Å². The molecule has 7 nitrogen and oxygen atoms in total. The first-order chi connectivity index (χ1) is 13.0. The molecular weight excluding hydrogens is 340 g/mol. The number of nitrogens with zero attached hydrogens (tertiary/aromatic N) is 5. The van der Waals surface area contributed by atoms with Crippen molar-refractivity contribution in [3.05, 3.63) is 45.7 Å². The molecule has 1 amide bonds. The van der Waals surface area contributed by atoms with E-state index in [1.165, 1.54) is 30.5 Å². The summed E-state index contributed by atoms with van der Waals surface area (Å²) < 4.78 is 1.75. The lowest BCUT2D eigenvalue weighted by atomic mass is 10.1. The van der Waals surface area contributed by atoms with Gasteiger partial charge in [0.05, 0.1) is 17.9 Å². The van der Waals surface area contributed by atoms with Gasteiger partial charge in [0.15, 0.2) is 5.65 Å². The molecule has 7 heteroatoms. The van der Waals surface area contributed by atoms with Gasteiger partial charge in [-0.15, -0.1) is 0 Å². The summed E-state index contributed by atoms with van der Waals surface area (Å²) in [6.07, 6.45) is 5.74. The number of H-pyrrole nitrogens is 1. The molecule has 0 saturated carbocycles. The predicted octanol–water partition coefficient (Wildman–Crippen LogP) is 2.92. The van der Waals surface area contributed by atoms with Gasteiger partial charge >= 0.3 is 0 Å². The second-order valence-corrected chi connectivity index (χ2v) is 7.58. The molecule has 3 aromatic heterocycles. The second-order valence-electron chi connectivity index (χ2n) is 7.58. The van der Waals surface area contributed by atoms with Crippen LogP contribution in [-0.2, 0) is 19.4 Å². The van der Waals surface area contributed by atoms with Crippen molar-refractivity contribution in [1.29, 1.82) is 0 Å². The summed E-state index contributed by atoms with van der Waals surface area (Å²) in [6.45, 7) is 6.27. The van der Waals surface area contributed by atoms with Crippen LogP contribution >= 0.6 is 0 Å². The minimum atomic E-state index is -0.0645. The van der Waals surface area contributed by atoms with Gasteiger partial charge in [0.2, 0.25) is 0 Å². The first-order valence-corrected chi connectivity index (χ1v) is 9.59. The van der Waals surface area contributed by atoms with Gasteiger partial charge in [-0.2, -0.15) is 10.2 Å². The van der Waals surface area contributed by atoms with Crippen LogP contribution in [0.1, 0.15) is 63.7 Å². The average molecular weight is 366 g/mol. The molecule has 27 heavy (non-hydrogen) atoms. The van der Waals surface area contributed by atoms with E-state index in [0.29, 0.717) is 23.4 Å². The van der Waals surface area contributed by atoms with Gasteiger partial charge in [-0.1, -0.05) is 6.42 Å². The lowest BCUT2D eigenvalue weighted by Gasteiger charge is -2.16. The number of hydrogen-bond donors (Lipinski definition) is 1. The van der Waals surface area contributed by atoms with E-state index in [1.807, 2.05) is 33.9 Å². The number of carbonyl (C=O) groups is 1. The van der Waals surface area contributed by atoms with Crippen molar-refractivity contribution in [2.45, 2.75) is 59.4 Å². The van der Waals surface area contributed by atoms with E-state index in [2.05, 4.69) is 20.3 Å². The van der Waals surface area contributed by atoms with Crippen molar-refractivity contribution in [2.75, 3.05) is 7.05 Å². The fourth-order valence-electron chi connectivity index (χ4n) is 4.02. The lowest BCUT2D eigenvalue weighted by Crippen LogP contribution is -2.27. The van der Waals surface area contributed by atoms with Crippen LogP contribution < -0.4 is 0 Å². The van der Waals surface area contributed by atoms with Crippen LogP contribution in [0.4, 0.5) is 0 Å². The van der Waals surface area contributed by atoms with Crippen LogP contribution in [0, 0.1) is 20.8 Å². The Kier molecular flexibility index (Phi) is 4.45. The number of amides is 1. The molecule has 0 bridgehead atoms. The molecule has 3 aromatic rings. The Morgan fingerprint density at radius 2 is 2.00 bits per heavy atom. The maximum Gasteiger partial charge on any atom is 0.259 e. The van der Waals surface area contributed by atoms with Crippen molar-refractivity contribution in [1.82, 2.24) is 29.7 Å². The Morgan fingerprint density at radius 3 is 2.81 bits per heavy atom. The molecule has 1 aliphatic rings. The Bertz CT molecular complexity index is 1020. The van der Waals surface area contributed by atoms with Crippen molar-refractivity contribution in [3.8, 4) is 0 Å². The summed E-state index contributed by atoms with van der Waals surface area (Å²) >= 11 is 0. The SMILES string of the molecule is Cc1cc(C)n2nc(C)c(C(=O)N(C)Cc3n[nH]c4c3CCCCC4)c2n1. The molecule has 0 spiro atoms. The first-order valence-electron chi connectivity index (χ1n) is 9.59. The topological polar surface area (TPSA) is 79.2 Å². The van der Waals surface area contributed by atoms with E-state index in [9.17, 15) is 4.79 Å². The molecule has 0 aliphatic heterocycles. The molecule has 0 radical (unpaired) electrons. The van der Waals surface area contributed by atoms with E-state index < -0.39 is 0 Å². The molecule has 3 heterocycles. The number of aryl methyl sites for hydroxylation is 4. The highest BCUT2D eigenvalue weighted by molar-refractivity contribution is 6.00. The zero-order chi connectivity index (χ0) is 19.1. The van der Waals surface area contributed by atoms with Gasteiger partial charge < -0.3 is 4.90 Å². The maximum absolute atomic E-state index is 13.2. The standard InChI is InChI=1S/C20H26N6O/c1-12-10-13(2)26-19(21-12)18(14(3)24-26)20(27)25(4)11-17-15-8-6-5-7-9-16(15)22-23-17/h10H,5-9,11H2,1-4H3,(H,22,23). The first kappa shape index (κ1) is 17.7. The molecule has 1 aliphatic carbocycles. The summed E-state index contributed by atoms with van der Waals surface area (Å²) in [5.74, 6) is -0.0645. The highest BCUT2D eigenvalue weighted by atomic mass is 16.2. The average Bonchev–Trinajstić information content (AvgIpc) is 3.05. The Hall–Kier alpha value is -2.70.